The molecule has 1 aromatic rings. The van der Waals surface area contributed by atoms with Gasteiger partial charge < -0.3 is 15.4 Å². The van der Waals surface area contributed by atoms with Gasteiger partial charge in [0.05, 0.1) is 0 Å². The fourth-order valence-corrected chi connectivity index (χ4v) is 2.25. The Morgan fingerprint density at radius 2 is 2.11 bits per heavy atom. The molecule has 1 aliphatic carbocycles. The summed E-state index contributed by atoms with van der Waals surface area (Å²) in [5.41, 5.74) is 2.28. The van der Waals surface area contributed by atoms with Gasteiger partial charge in [0.25, 0.3) is 5.91 Å². The summed E-state index contributed by atoms with van der Waals surface area (Å²) in [6, 6.07) is 0. The fourth-order valence-electron chi connectivity index (χ4n) is 2.25. The van der Waals surface area contributed by atoms with Crippen LogP contribution in [0.15, 0.2) is 0 Å². The van der Waals surface area contributed by atoms with Crippen molar-refractivity contribution in [1.82, 2.24) is 10.3 Å². The van der Waals surface area contributed by atoms with Crippen LogP contribution in [-0.4, -0.2) is 34.3 Å². The van der Waals surface area contributed by atoms with Crippen LogP contribution in [0, 0.1) is 6.92 Å². The molecule has 2 rings (SSSR count). The summed E-state index contributed by atoms with van der Waals surface area (Å²) in [6.07, 6.45) is 2.03. The van der Waals surface area contributed by atoms with E-state index in [0.717, 1.165) is 18.5 Å². The summed E-state index contributed by atoms with van der Waals surface area (Å²) in [5.74, 6) is -1.55. The number of amides is 1. The molecule has 0 atom stereocenters. The van der Waals surface area contributed by atoms with Crippen LogP contribution in [0.4, 0.5) is 0 Å². The predicted octanol–water partition coefficient (Wildman–Crippen LogP) is 0.657. The summed E-state index contributed by atoms with van der Waals surface area (Å²) < 4.78 is 0. The molecule has 1 heterocycles. The number of ketones is 1. The molecule has 1 aromatic heterocycles. The van der Waals surface area contributed by atoms with Crippen molar-refractivity contribution in [3.8, 4) is 0 Å². The Bertz CT molecular complexity index is 530. The maximum Gasteiger partial charge on any atom is 0.322 e. The van der Waals surface area contributed by atoms with E-state index in [9.17, 15) is 14.4 Å². The smallest absolute Gasteiger partial charge is 0.322 e. The molecular weight excluding hydrogens is 236 g/mol. The Morgan fingerprint density at radius 3 is 2.72 bits per heavy atom. The monoisotopic (exact) mass is 250 g/mol. The highest BCUT2D eigenvalue weighted by Crippen LogP contribution is 2.26. The van der Waals surface area contributed by atoms with Crippen molar-refractivity contribution in [3.63, 3.8) is 0 Å². The van der Waals surface area contributed by atoms with Crippen molar-refractivity contribution in [3.05, 3.63) is 22.5 Å². The van der Waals surface area contributed by atoms with Gasteiger partial charge in [-0.05, 0) is 25.3 Å². The number of carbonyl (C=O) groups excluding carboxylic acids is 2. The maximum atomic E-state index is 11.8. The zero-order valence-electron chi connectivity index (χ0n) is 10.0. The number of nitrogens with one attached hydrogen (secondary N) is 2. The molecule has 3 N–H and O–H groups in total. The first-order chi connectivity index (χ1) is 8.50. The lowest BCUT2D eigenvalue weighted by Crippen LogP contribution is -2.30. The van der Waals surface area contributed by atoms with Crippen LogP contribution >= 0.6 is 0 Å². The van der Waals surface area contributed by atoms with Crippen LogP contribution < -0.4 is 5.32 Å². The SMILES string of the molecule is Cc1c(C(=O)NCC(=O)O)[nH]c2c1C(=O)CCC2. The third-order valence-corrected chi connectivity index (χ3v) is 3.06. The number of aromatic nitrogens is 1. The van der Waals surface area contributed by atoms with Crippen LogP contribution in [0.1, 0.15) is 44.9 Å². The van der Waals surface area contributed by atoms with Gasteiger partial charge in [-0.3, -0.25) is 14.4 Å². The summed E-state index contributed by atoms with van der Waals surface area (Å²) in [6.45, 7) is 1.27. The normalized spacial score (nSPS) is 14.2. The lowest BCUT2D eigenvalue weighted by molar-refractivity contribution is -0.135. The van der Waals surface area contributed by atoms with Crippen LogP contribution in [0.2, 0.25) is 0 Å². The van der Waals surface area contributed by atoms with Crippen molar-refractivity contribution in [2.75, 3.05) is 6.54 Å². The molecule has 0 saturated heterocycles. The second kappa shape index (κ2) is 4.64. The second-order valence-electron chi connectivity index (χ2n) is 4.33. The Balaban J connectivity index is 2.27. The topological polar surface area (TPSA) is 99.3 Å². The summed E-state index contributed by atoms with van der Waals surface area (Å²) in [4.78, 5) is 36.9. The molecule has 0 unspecified atom stereocenters. The van der Waals surface area contributed by atoms with Gasteiger partial charge in [0, 0.05) is 17.7 Å². The largest absolute Gasteiger partial charge is 0.480 e. The molecular formula is C12H14N2O4. The summed E-state index contributed by atoms with van der Waals surface area (Å²) >= 11 is 0. The first-order valence-electron chi connectivity index (χ1n) is 5.75. The third kappa shape index (κ3) is 2.13. The number of aryl methyl sites for hydroxylation is 1. The molecule has 0 bridgehead atoms. The minimum absolute atomic E-state index is 0.0438. The number of hydrogen-bond acceptors (Lipinski definition) is 3. The van der Waals surface area contributed by atoms with Crippen LogP contribution in [0.5, 0.6) is 0 Å². The Morgan fingerprint density at radius 1 is 1.39 bits per heavy atom. The average Bonchev–Trinajstić information content (AvgIpc) is 2.65. The number of aliphatic carboxylic acids is 1. The van der Waals surface area contributed by atoms with Crippen LogP contribution in [0.3, 0.4) is 0 Å². The molecule has 0 aliphatic heterocycles. The van der Waals surface area contributed by atoms with Gasteiger partial charge in [-0.25, -0.2) is 0 Å². The molecule has 0 aromatic carbocycles. The molecule has 96 valence electrons. The van der Waals surface area contributed by atoms with E-state index in [2.05, 4.69) is 10.3 Å². The average molecular weight is 250 g/mol. The zero-order valence-corrected chi connectivity index (χ0v) is 10.0. The molecule has 0 radical (unpaired) electrons. The summed E-state index contributed by atoms with van der Waals surface area (Å²) in [7, 11) is 0. The predicted molar refractivity (Wildman–Crippen MR) is 62.8 cm³/mol. The number of Topliss-reactive ketones (excluding diaryl/α,β-unsaturated/α-hetero) is 1. The minimum atomic E-state index is -1.10. The van der Waals surface area contributed by atoms with E-state index in [1.807, 2.05) is 0 Å². The van der Waals surface area contributed by atoms with E-state index in [-0.39, 0.29) is 11.5 Å². The molecule has 6 heteroatoms. The highest BCUT2D eigenvalue weighted by molar-refractivity contribution is 6.04. The first kappa shape index (κ1) is 12.3. The molecule has 1 aliphatic rings. The number of rotatable bonds is 3. The lowest BCUT2D eigenvalue weighted by Gasteiger charge is -2.09. The number of hydrogen-bond donors (Lipinski definition) is 3. The standard InChI is InChI=1S/C12H14N2O4/c1-6-10-7(3-2-4-8(10)15)14-11(6)12(18)13-5-9(16)17/h14H,2-5H2,1H3,(H,13,18)(H,16,17). The van der Waals surface area contributed by atoms with Crippen LogP contribution in [0.25, 0.3) is 0 Å². The Kier molecular flexibility index (Phi) is 3.18. The lowest BCUT2D eigenvalue weighted by atomic mass is 9.94. The number of carbonyl (C=O) groups is 3. The highest BCUT2D eigenvalue weighted by Gasteiger charge is 2.26. The molecule has 0 spiro atoms. The van der Waals surface area contributed by atoms with E-state index in [1.165, 1.54) is 0 Å². The van der Waals surface area contributed by atoms with Gasteiger partial charge in [0.2, 0.25) is 0 Å². The molecule has 1 amide bonds. The van der Waals surface area contributed by atoms with Gasteiger partial charge >= 0.3 is 5.97 Å². The first-order valence-corrected chi connectivity index (χ1v) is 5.75. The summed E-state index contributed by atoms with van der Waals surface area (Å²) in [5, 5.41) is 10.8. The van der Waals surface area contributed by atoms with Gasteiger partial charge in [0.1, 0.15) is 12.2 Å². The number of aromatic amines is 1. The molecule has 18 heavy (non-hydrogen) atoms. The van der Waals surface area contributed by atoms with E-state index >= 15 is 0 Å². The van der Waals surface area contributed by atoms with Gasteiger partial charge in [-0.1, -0.05) is 0 Å². The maximum absolute atomic E-state index is 11.8. The third-order valence-electron chi connectivity index (χ3n) is 3.06. The van der Waals surface area contributed by atoms with Crippen molar-refractivity contribution >= 4 is 17.7 Å². The van der Waals surface area contributed by atoms with Crippen molar-refractivity contribution in [2.45, 2.75) is 26.2 Å². The van der Waals surface area contributed by atoms with Crippen LogP contribution in [-0.2, 0) is 11.2 Å². The quantitative estimate of drug-likeness (QED) is 0.733. The number of H-pyrrole nitrogens is 1. The highest BCUT2D eigenvalue weighted by atomic mass is 16.4. The van der Waals surface area contributed by atoms with Gasteiger partial charge in [0.15, 0.2) is 5.78 Å². The number of fused-ring (bicyclic) bond motifs is 1. The van der Waals surface area contributed by atoms with E-state index in [1.54, 1.807) is 6.92 Å². The van der Waals surface area contributed by atoms with Crippen molar-refractivity contribution < 1.29 is 19.5 Å². The van der Waals surface area contributed by atoms with Gasteiger partial charge in [-0.2, -0.15) is 0 Å². The number of carboxylic acid groups (broad SMARTS) is 1. The molecule has 0 saturated carbocycles. The molecule has 0 fully saturated rings. The Hall–Kier alpha value is -2.11. The minimum Gasteiger partial charge on any atom is -0.480 e. The Labute approximate surface area is 103 Å². The van der Waals surface area contributed by atoms with Crippen molar-refractivity contribution in [1.29, 1.82) is 0 Å². The second-order valence-corrected chi connectivity index (χ2v) is 4.33. The molecule has 6 nitrogen and oxygen atoms in total. The van der Waals surface area contributed by atoms with E-state index in [4.69, 9.17) is 5.11 Å². The number of carboxylic acids is 1. The zero-order chi connectivity index (χ0) is 13.3. The van der Waals surface area contributed by atoms with E-state index in [0.29, 0.717) is 17.5 Å². The van der Waals surface area contributed by atoms with Crippen molar-refractivity contribution in [2.24, 2.45) is 0 Å². The van der Waals surface area contributed by atoms with E-state index < -0.39 is 18.4 Å². The van der Waals surface area contributed by atoms with Gasteiger partial charge in [-0.15, -0.1) is 0 Å². The fraction of sp³-hybridized carbons (Fsp3) is 0.417.